The lowest BCUT2D eigenvalue weighted by Crippen LogP contribution is -2.66. The average Bonchev–Trinajstić information content (AvgIpc) is 2.53. The van der Waals surface area contributed by atoms with Crippen LogP contribution in [0.25, 0.3) is 0 Å². The molecule has 2 unspecified atom stereocenters. The molecule has 2 rings (SSSR count). The third-order valence-electron chi connectivity index (χ3n) is 5.07. The van der Waals surface area contributed by atoms with Crippen LogP contribution in [0.5, 0.6) is 0 Å². The van der Waals surface area contributed by atoms with Crippen LogP contribution >= 0.6 is 11.8 Å². The van der Waals surface area contributed by atoms with E-state index in [1.807, 2.05) is 18.8 Å². The molecule has 2 aliphatic carbocycles. The van der Waals surface area contributed by atoms with Crippen molar-refractivity contribution in [3.05, 3.63) is 0 Å². The molecule has 0 aromatic rings. The van der Waals surface area contributed by atoms with Crippen LogP contribution in [0, 0.1) is 5.41 Å². The van der Waals surface area contributed by atoms with Gasteiger partial charge in [-0.25, -0.2) is 0 Å². The number of thioether (sulfide) groups is 1. The van der Waals surface area contributed by atoms with Gasteiger partial charge in [0.1, 0.15) is 0 Å². The molecule has 2 N–H and O–H groups in total. The molecule has 21 heavy (non-hydrogen) atoms. The Bertz CT molecular complexity index is 342. The van der Waals surface area contributed by atoms with Crippen LogP contribution < -0.4 is 10.6 Å². The quantitative estimate of drug-likeness (QED) is 0.449. The molecule has 0 aromatic heterocycles. The molecule has 0 radical (unpaired) electrons. The van der Waals surface area contributed by atoms with E-state index in [1.54, 1.807) is 0 Å². The van der Waals surface area contributed by atoms with Crippen LogP contribution in [0.4, 0.5) is 0 Å². The van der Waals surface area contributed by atoms with Gasteiger partial charge in [-0.1, -0.05) is 19.3 Å². The number of hydrogen-bond acceptors (Lipinski definition) is 3. The first-order valence-electron chi connectivity index (χ1n) is 8.34. The lowest BCUT2D eigenvalue weighted by molar-refractivity contribution is -0.145. The van der Waals surface area contributed by atoms with E-state index < -0.39 is 0 Å². The maximum absolute atomic E-state index is 6.01. The van der Waals surface area contributed by atoms with Crippen molar-refractivity contribution >= 4 is 17.7 Å². The number of nitrogens with one attached hydrogen (secondary N) is 2. The molecule has 0 heterocycles. The van der Waals surface area contributed by atoms with Gasteiger partial charge in [-0.3, -0.25) is 4.99 Å². The fourth-order valence-corrected chi connectivity index (χ4v) is 4.20. The summed E-state index contributed by atoms with van der Waals surface area (Å²) < 4.78 is 6.01. The molecule has 0 saturated heterocycles. The Hall–Kier alpha value is -0.420. The van der Waals surface area contributed by atoms with Crippen LogP contribution in [-0.4, -0.2) is 50.3 Å². The Labute approximate surface area is 133 Å². The highest BCUT2D eigenvalue weighted by Crippen LogP contribution is 2.53. The number of nitrogens with zero attached hydrogens (tertiary/aromatic N) is 1. The van der Waals surface area contributed by atoms with Crippen molar-refractivity contribution in [2.24, 2.45) is 10.4 Å². The van der Waals surface area contributed by atoms with Gasteiger partial charge in [0, 0.05) is 37.4 Å². The lowest BCUT2D eigenvalue weighted by Gasteiger charge is -2.57. The van der Waals surface area contributed by atoms with Gasteiger partial charge in [0.2, 0.25) is 0 Å². The predicted octanol–water partition coefficient (Wildman–Crippen LogP) is 2.64. The first-order valence-corrected chi connectivity index (χ1v) is 9.74. The SMILES string of the molecule is CCOC1CC(NC(=NC)NCCSC)C12CCCCC2. The van der Waals surface area contributed by atoms with Gasteiger partial charge in [-0.15, -0.1) is 0 Å². The fourth-order valence-electron chi connectivity index (χ4n) is 3.90. The summed E-state index contributed by atoms with van der Waals surface area (Å²) in [5, 5.41) is 7.08. The molecule has 4 nitrogen and oxygen atoms in total. The van der Waals surface area contributed by atoms with Gasteiger partial charge in [0.15, 0.2) is 5.96 Å². The summed E-state index contributed by atoms with van der Waals surface area (Å²) in [7, 11) is 1.86. The highest BCUT2D eigenvalue weighted by atomic mass is 32.2. The van der Waals surface area contributed by atoms with Gasteiger partial charge in [0.05, 0.1) is 6.10 Å². The van der Waals surface area contributed by atoms with Crippen molar-refractivity contribution in [2.75, 3.05) is 32.2 Å². The van der Waals surface area contributed by atoms with E-state index in [0.29, 0.717) is 17.6 Å². The lowest BCUT2D eigenvalue weighted by atomic mass is 9.55. The van der Waals surface area contributed by atoms with Gasteiger partial charge in [-0.05, 0) is 32.4 Å². The summed E-state index contributed by atoms with van der Waals surface area (Å²) in [4.78, 5) is 4.38. The number of ether oxygens (including phenoxy) is 1. The van der Waals surface area contributed by atoms with Gasteiger partial charge < -0.3 is 15.4 Å². The minimum atomic E-state index is 0.353. The van der Waals surface area contributed by atoms with Crippen molar-refractivity contribution in [3.8, 4) is 0 Å². The zero-order valence-electron chi connectivity index (χ0n) is 13.8. The van der Waals surface area contributed by atoms with Crippen LogP contribution in [0.2, 0.25) is 0 Å². The summed E-state index contributed by atoms with van der Waals surface area (Å²) in [5.41, 5.74) is 0.353. The molecule has 122 valence electrons. The van der Waals surface area contributed by atoms with E-state index >= 15 is 0 Å². The second-order valence-electron chi connectivity index (χ2n) is 6.16. The highest BCUT2D eigenvalue weighted by molar-refractivity contribution is 7.98. The van der Waals surface area contributed by atoms with Crippen molar-refractivity contribution in [3.63, 3.8) is 0 Å². The topological polar surface area (TPSA) is 45.6 Å². The molecule has 1 spiro atoms. The first-order chi connectivity index (χ1) is 10.3. The molecule has 2 atom stereocenters. The zero-order valence-corrected chi connectivity index (χ0v) is 14.6. The summed E-state index contributed by atoms with van der Waals surface area (Å²) in [6.45, 7) is 3.91. The average molecular weight is 314 g/mol. The van der Waals surface area contributed by atoms with E-state index in [-0.39, 0.29) is 0 Å². The minimum absolute atomic E-state index is 0.353. The molecular formula is C16H31N3OS. The Morgan fingerprint density at radius 1 is 1.33 bits per heavy atom. The van der Waals surface area contributed by atoms with E-state index in [4.69, 9.17) is 4.74 Å². The third kappa shape index (κ3) is 3.86. The van der Waals surface area contributed by atoms with Crippen molar-refractivity contribution in [1.29, 1.82) is 0 Å². The number of hydrogen-bond donors (Lipinski definition) is 2. The highest BCUT2D eigenvalue weighted by Gasteiger charge is 2.55. The van der Waals surface area contributed by atoms with E-state index in [1.165, 1.54) is 32.1 Å². The van der Waals surface area contributed by atoms with Crippen LogP contribution in [0.15, 0.2) is 4.99 Å². The largest absolute Gasteiger partial charge is 0.378 e. The third-order valence-corrected chi connectivity index (χ3v) is 5.68. The van der Waals surface area contributed by atoms with Crippen molar-refractivity contribution in [1.82, 2.24) is 10.6 Å². The maximum atomic E-state index is 6.01. The molecule has 0 bridgehead atoms. The molecule has 2 aliphatic rings. The number of rotatable bonds is 6. The zero-order chi connectivity index (χ0) is 15.1. The van der Waals surface area contributed by atoms with Gasteiger partial charge >= 0.3 is 0 Å². The standard InChI is InChI=1S/C16H31N3OS/c1-4-20-14-12-13(16(14)8-6-5-7-9-16)19-15(17-2)18-10-11-21-3/h13-14H,4-12H2,1-3H3,(H2,17,18,19). The molecule has 0 aliphatic heterocycles. The fraction of sp³-hybridized carbons (Fsp3) is 0.938. The monoisotopic (exact) mass is 313 g/mol. The first kappa shape index (κ1) is 16.9. The Kier molecular flexibility index (Phi) is 6.68. The predicted molar refractivity (Wildman–Crippen MR) is 92.2 cm³/mol. The smallest absolute Gasteiger partial charge is 0.191 e. The van der Waals surface area contributed by atoms with Crippen molar-refractivity contribution < 1.29 is 4.74 Å². The minimum Gasteiger partial charge on any atom is -0.378 e. The summed E-state index contributed by atoms with van der Waals surface area (Å²) >= 11 is 1.86. The Morgan fingerprint density at radius 2 is 2.10 bits per heavy atom. The summed E-state index contributed by atoms with van der Waals surface area (Å²) in [5.74, 6) is 2.06. The van der Waals surface area contributed by atoms with Gasteiger partial charge in [-0.2, -0.15) is 11.8 Å². The summed E-state index contributed by atoms with van der Waals surface area (Å²) in [6, 6.07) is 0.523. The number of guanidine groups is 1. The van der Waals surface area contributed by atoms with Crippen molar-refractivity contribution in [2.45, 2.75) is 57.6 Å². The molecule has 5 heteroatoms. The number of aliphatic imine (C=N–C) groups is 1. The molecule has 2 saturated carbocycles. The second-order valence-corrected chi connectivity index (χ2v) is 7.15. The van der Waals surface area contributed by atoms with Crippen LogP contribution in [0.1, 0.15) is 45.4 Å². The molecular weight excluding hydrogens is 282 g/mol. The maximum Gasteiger partial charge on any atom is 0.191 e. The Morgan fingerprint density at radius 3 is 2.71 bits per heavy atom. The molecule has 2 fully saturated rings. The Balaban J connectivity index is 1.92. The second kappa shape index (κ2) is 8.28. The van der Waals surface area contributed by atoms with E-state index in [2.05, 4.69) is 28.8 Å². The molecule has 0 aromatic carbocycles. The van der Waals surface area contributed by atoms with Crippen LogP contribution in [0.3, 0.4) is 0 Å². The van der Waals surface area contributed by atoms with Crippen LogP contribution in [-0.2, 0) is 4.74 Å². The van der Waals surface area contributed by atoms with E-state index in [0.717, 1.165) is 31.3 Å². The van der Waals surface area contributed by atoms with E-state index in [9.17, 15) is 0 Å². The molecule has 0 amide bonds. The normalized spacial score (nSPS) is 28.2. The van der Waals surface area contributed by atoms with Gasteiger partial charge in [0.25, 0.3) is 0 Å². The summed E-state index contributed by atoms with van der Waals surface area (Å²) in [6.07, 6.45) is 10.4.